The van der Waals surface area contributed by atoms with Crippen molar-refractivity contribution in [1.82, 2.24) is 4.98 Å². The largest absolute Gasteiger partial charge is 0.323 e. The third-order valence-electron chi connectivity index (χ3n) is 2.75. The molecule has 0 saturated carbocycles. The Morgan fingerprint density at radius 3 is 2.50 bits per heavy atom. The summed E-state index contributed by atoms with van der Waals surface area (Å²) in [7, 11) is -3.58. The summed E-state index contributed by atoms with van der Waals surface area (Å²) in [4.78, 5) is 15.9. The van der Waals surface area contributed by atoms with Gasteiger partial charge < -0.3 is 5.32 Å². The van der Waals surface area contributed by atoms with Gasteiger partial charge in [0.15, 0.2) is 0 Å². The molecule has 0 bridgehead atoms. The molecule has 8 heteroatoms. The van der Waals surface area contributed by atoms with Crippen LogP contribution in [0.2, 0.25) is 0 Å². The normalized spacial score (nSPS) is 11.0. The zero-order valence-corrected chi connectivity index (χ0v) is 14.1. The standard InChI is InChI=1S/C14H14BrN3O3S/c1-22(20,21)18(13-6-4-11(15)5-7-13)10-14(19)17-12-3-2-8-16-9-12/h2-9H,10H2,1H3,(H,17,19). The number of sulfonamides is 1. The molecular formula is C14H14BrN3O3S. The van der Waals surface area contributed by atoms with Gasteiger partial charge in [-0.3, -0.25) is 14.1 Å². The number of nitrogens with zero attached hydrogens (tertiary/aromatic N) is 2. The Morgan fingerprint density at radius 1 is 1.27 bits per heavy atom. The number of hydrogen-bond donors (Lipinski definition) is 1. The van der Waals surface area contributed by atoms with Gasteiger partial charge in [-0.05, 0) is 36.4 Å². The van der Waals surface area contributed by atoms with Crippen LogP contribution in [0.5, 0.6) is 0 Å². The number of carbonyl (C=O) groups excluding carboxylic acids is 1. The Kier molecular flexibility index (Phi) is 5.15. The van der Waals surface area contributed by atoms with Crippen LogP contribution in [0.4, 0.5) is 11.4 Å². The smallest absolute Gasteiger partial charge is 0.245 e. The van der Waals surface area contributed by atoms with Gasteiger partial charge in [0.05, 0.1) is 23.8 Å². The maximum atomic E-state index is 12.1. The van der Waals surface area contributed by atoms with Gasteiger partial charge in [0.2, 0.25) is 15.9 Å². The molecule has 1 heterocycles. The number of hydrogen-bond acceptors (Lipinski definition) is 4. The first-order valence-electron chi connectivity index (χ1n) is 6.29. The van der Waals surface area contributed by atoms with Crippen molar-refractivity contribution in [1.29, 1.82) is 0 Å². The predicted octanol–water partition coefficient (Wildman–Crippen LogP) is 2.25. The third kappa shape index (κ3) is 4.54. The molecule has 1 aromatic carbocycles. The molecule has 0 spiro atoms. The molecule has 0 fully saturated rings. The molecule has 0 aliphatic rings. The van der Waals surface area contributed by atoms with Crippen LogP contribution in [0, 0.1) is 0 Å². The van der Waals surface area contributed by atoms with Crippen LogP contribution in [0.1, 0.15) is 0 Å². The van der Waals surface area contributed by atoms with Crippen LogP contribution in [0.15, 0.2) is 53.3 Å². The van der Waals surface area contributed by atoms with Crippen molar-refractivity contribution in [2.75, 3.05) is 22.4 Å². The van der Waals surface area contributed by atoms with Crippen LogP contribution >= 0.6 is 15.9 Å². The number of aromatic nitrogens is 1. The molecule has 0 aliphatic heterocycles. The van der Waals surface area contributed by atoms with Gasteiger partial charge >= 0.3 is 0 Å². The quantitative estimate of drug-likeness (QED) is 0.858. The Bertz CT molecular complexity index is 749. The Morgan fingerprint density at radius 2 is 1.95 bits per heavy atom. The monoisotopic (exact) mass is 383 g/mol. The van der Waals surface area contributed by atoms with E-state index in [0.717, 1.165) is 15.0 Å². The van der Waals surface area contributed by atoms with E-state index in [1.165, 1.54) is 6.20 Å². The maximum absolute atomic E-state index is 12.1. The van der Waals surface area contributed by atoms with Crippen molar-refractivity contribution in [3.05, 3.63) is 53.3 Å². The lowest BCUT2D eigenvalue weighted by Crippen LogP contribution is -2.37. The van der Waals surface area contributed by atoms with Gasteiger partial charge in [-0.1, -0.05) is 15.9 Å². The summed E-state index contributed by atoms with van der Waals surface area (Å²) in [5.74, 6) is -0.443. The van der Waals surface area contributed by atoms with E-state index < -0.39 is 15.9 Å². The summed E-state index contributed by atoms with van der Waals surface area (Å²) in [6, 6.07) is 10.0. The minimum Gasteiger partial charge on any atom is -0.323 e. The van der Waals surface area contributed by atoms with Crippen molar-refractivity contribution in [2.24, 2.45) is 0 Å². The van der Waals surface area contributed by atoms with E-state index in [4.69, 9.17) is 0 Å². The minimum absolute atomic E-state index is 0.310. The highest BCUT2D eigenvalue weighted by Gasteiger charge is 2.20. The van der Waals surface area contributed by atoms with Gasteiger partial charge in [-0.15, -0.1) is 0 Å². The van der Waals surface area contributed by atoms with Crippen LogP contribution < -0.4 is 9.62 Å². The molecule has 0 atom stereocenters. The number of amides is 1. The van der Waals surface area contributed by atoms with E-state index in [1.807, 2.05) is 0 Å². The summed E-state index contributed by atoms with van der Waals surface area (Å²) in [5.41, 5.74) is 0.934. The van der Waals surface area contributed by atoms with E-state index in [9.17, 15) is 13.2 Å². The highest BCUT2D eigenvalue weighted by atomic mass is 79.9. The molecule has 6 nitrogen and oxygen atoms in total. The second kappa shape index (κ2) is 6.89. The van der Waals surface area contributed by atoms with Crippen molar-refractivity contribution in [3.8, 4) is 0 Å². The molecule has 0 aliphatic carbocycles. The third-order valence-corrected chi connectivity index (χ3v) is 4.42. The van der Waals surface area contributed by atoms with Crippen LogP contribution in [-0.2, 0) is 14.8 Å². The molecule has 2 aromatic rings. The van der Waals surface area contributed by atoms with Crippen LogP contribution in [0.25, 0.3) is 0 Å². The van der Waals surface area contributed by atoms with E-state index >= 15 is 0 Å². The molecule has 0 saturated heterocycles. The SMILES string of the molecule is CS(=O)(=O)N(CC(=O)Nc1cccnc1)c1ccc(Br)cc1. The lowest BCUT2D eigenvalue weighted by Gasteiger charge is -2.21. The molecular weight excluding hydrogens is 370 g/mol. The van der Waals surface area contributed by atoms with E-state index in [-0.39, 0.29) is 6.54 Å². The topological polar surface area (TPSA) is 79.4 Å². The number of anilines is 2. The number of pyridine rings is 1. The fourth-order valence-corrected chi connectivity index (χ4v) is 2.90. The van der Waals surface area contributed by atoms with Crippen molar-refractivity contribution >= 4 is 43.2 Å². The molecule has 1 amide bonds. The van der Waals surface area contributed by atoms with Crippen molar-refractivity contribution in [2.45, 2.75) is 0 Å². The summed E-state index contributed by atoms with van der Waals surface area (Å²) < 4.78 is 25.7. The van der Waals surface area contributed by atoms with E-state index in [1.54, 1.807) is 42.6 Å². The zero-order chi connectivity index (χ0) is 16.2. The fraction of sp³-hybridized carbons (Fsp3) is 0.143. The first-order valence-corrected chi connectivity index (χ1v) is 8.93. The van der Waals surface area contributed by atoms with Gasteiger partial charge in [0, 0.05) is 10.7 Å². The average Bonchev–Trinajstić information content (AvgIpc) is 2.46. The number of carbonyl (C=O) groups is 1. The number of nitrogens with one attached hydrogen (secondary N) is 1. The average molecular weight is 384 g/mol. The Labute approximate surface area is 137 Å². The summed E-state index contributed by atoms with van der Waals surface area (Å²) in [5, 5.41) is 2.61. The molecule has 0 radical (unpaired) electrons. The van der Waals surface area contributed by atoms with Crippen molar-refractivity contribution in [3.63, 3.8) is 0 Å². The number of benzene rings is 1. The van der Waals surface area contributed by atoms with Crippen LogP contribution in [-0.4, -0.2) is 32.1 Å². The van der Waals surface area contributed by atoms with Crippen molar-refractivity contribution < 1.29 is 13.2 Å². The fourth-order valence-electron chi connectivity index (χ4n) is 1.78. The molecule has 116 valence electrons. The Hall–Kier alpha value is -1.93. The van der Waals surface area contributed by atoms with Gasteiger partial charge in [0.25, 0.3) is 0 Å². The first kappa shape index (κ1) is 16.4. The van der Waals surface area contributed by atoms with Gasteiger partial charge in [0.1, 0.15) is 6.54 Å². The molecule has 1 N–H and O–H groups in total. The molecule has 22 heavy (non-hydrogen) atoms. The summed E-state index contributed by atoms with van der Waals surface area (Å²) in [6.45, 7) is -0.310. The van der Waals surface area contributed by atoms with Crippen LogP contribution in [0.3, 0.4) is 0 Å². The summed E-state index contributed by atoms with van der Waals surface area (Å²) >= 11 is 3.29. The maximum Gasteiger partial charge on any atom is 0.245 e. The minimum atomic E-state index is -3.58. The van der Waals surface area contributed by atoms with E-state index in [2.05, 4.69) is 26.2 Å². The highest BCUT2D eigenvalue weighted by molar-refractivity contribution is 9.10. The molecule has 1 aromatic heterocycles. The predicted molar refractivity (Wildman–Crippen MR) is 89.2 cm³/mol. The van der Waals surface area contributed by atoms with Gasteiger partial charge in [-0.2, -0.15) is 0 Å². The second-order valence-corrected chi connectivity index (χ2v) is 7.36. The molecule has 2 rings (SSSR count). The first-order chi connectivity index (χ1) is 10.4. The Balaban J connectivity index is 2.17. The number of rotatable bonds is 5. The second-order valence-electron chi connectivity index (χ2n) is 4.54. The van der Waals surface area contributed by atoms with E-state index in [0.29, 0.717) is 11.4 Å². The summed E-state index contributed by atoms with van der Waals surface area (Å²) in [6.07, 6.45) is 4.13. The molecule has 0 unspecified atom stereocenters. The lowest BCUT2D eigenvalue weighted by atomic mass is 10.3. The number of halogens is 1. The van der Waals surface area contributed by atoms with Gasteiger partial charge in [-0.25, -0.2) is 8.42 Å². The lowest BCUT2D eigenvalue weighted by molar-refractivity contribution is -0.114. The zero-order valence-electron chi connectivity index (χ0n) is 11.7. The highest BCUT2D eigenvalue weighted by Crippen LogP contribution is 2.20.